The molecule has 0 bridgehead atoms. The standard InChI is InChI=1S/C5H15N3/c1-5(2,8-6)4-7-3/h7-8H,4,6H2,1-3H3. The van der Waals surface area contributed by atoms with Crippen LogP contribution in [-0.2, 0) is 0 Å². The van der Waals surface area contributed by atoms with Crippen molar-refractivity contribution in [3.05, 3.63) is 0 Å². The van der Waals surface area contributed by atoms with E-state index >= 15 is 0 Å². The van der Waals surface area contributed by atoms with Crippen molar-refractivity contribution in [1.29, 1.82) is 0 Å². The van der Waals surface area contributed by atoms with Crippen LogP contribution in [0.3, 0.4) is 0 Å². The fraction of sp³-hybridized carbons (Fsp3) is 1.00. The summed E-state index contributed by atoms with van der Waals surface area (Å²) in [5.41, 5.74) is 2.69. The minimum absolute atomic E-state index is 0.00868. The number of likely N-dealkylation sites (N-methyl/N-ethyl adjacent to an activating group) is 1. The lowest BCUT2D eigenvalue weighted by Gasteiger charge is -2.22. The highest BCUT2D eigenvalue weighted by Gasteiger charge is 2.11. The molecule has 0 amide bonds. The van der Waals surface area contributed by atoms with Gasteiger partial charge in [-0.05, 0) is 20.9 Å². The Morgan fingerprint density at radius 2 is 2.00 bits per heavy atom. The molecule has 0 heterocycles. The molecule has 0 saturated heterocycles. The van der Waals surface area contributed by atoms with Gasteiger partial charge in [0.1, 0.15) is 0 Å². The predicted octanol–water partition coefficient (Wildman–Crippen LogP) is -0.552. The van der Waals surface area contributed by atoms with Gasteiger partial charge in [-0.15, -0.1) is 0 Å². The van der Waals surface area contributed by atoms with Gasteiger partial charge < -0.3 is 5.32 Å². The van der Waals surface area contributed by atoms with Gasteiger partial charge in [-0.1, -0.05) is 0 Å². The number of hydrogen-bond acceptors (Lipinski definition) is 3. The second-order valence-electron chi connectivity index (χ2n) is 2.56. The van der Waals surface area contributed by atoms with E-state index in [0.29, 0.717) is 0 Å². The van der Waals surface area contributed by atoms with Crippen LogP contribution in [0.5, 0.6) is 0 Å². The lowest BCUT2D eigenvalue weighted by Crippen LogP contribution is -2.50. The Bertz CT molecular complexity index is 60.7. The molecular weight excluding hydrogens is 102 g/mol. The summed E-state index contributed by atoms with van der Waals surface area (Å²) in [6, 6.07) is 0. The molecule has 0 aromatic heterocycles. The molecule has 0 radical (unpaired) electrons. The minimum atomic E-state index is 0.00868. The van der Waals surface area contributed by atoms with Crippen LogP contribution in [0.25, 0.3) is 0 Å². The second kappa shape index (κ2) is 3.02. The Kier molecular flexibility index (Phi) is 2.97. The van der Waals surface area contributed by atoms with Crippen LogP contribution in [0.2, 0.25) is 0 Å². The summed E-state index contributed by atoms with van der Waals surface area (Å²) in [4.78, 5) is 0. The quantitative estimate of drug-likeness (QED) is 0.343. The monoisotopic (exact) mass is 117 g/mol. The van der Waals surface area contributed by atoms with Gasteiger partial charge in [0.05, 0.1) is 0 Å². The van der Waals surface area contributed by atoms with E-state index in [0.717, 1.165) is 6.54 Å². The van der Waals surface area contributed by atoms with Crippen molar-refractivity contribution in [2.45, 2.75) is 19.4 Å². The highest BCUT2D eigenvalue weighted by Crippen LogP contribution is 1.94. The van der Waals surface area contributed by atoms with Gasteiger partial charge in [-0.25, -0.2) is 0 Å². The molecular formula is C5H15N3. The Morgan fingerprint density at radius 3 is 2.12 bits per heavy atom. The highest BCUT2D eigenvalue weighted by molar-refractivity contribution is 4.75. The van der Waals surface area contributed by atoms with Crippen molar-refractivity contribution in [2.24, 2.45) is 5.84 Å². The number of hydrogen-bond donors (Lipinski definition) is 3. The molecule has 4 N–H and O–H groups in total. The van der Waals surface area contributed by atoms with E-state index in [2.05, 4.69) is 10.7 Å². The first kappa shape index (κ1) is 7.88. The van der Waals surface area contributed by atoms with E-state index in [9.17, 15) is 0 Å². The van der Waals surface area contributed by atoms with Gasteiger partial charge in [0.2, 0.25) is 0 Å². The Morgan fingerprint density at radius 1 is 1.50 bits per heavy atom. The normalized spacial score (nSPS) is 12.0. The first-order valence-corrected chi connectivity index (χ1v) is 2.75. The number of nitrogens with one attached hydrogen (secondary N) is 2. The van der Waals surface area contributed by atoms with E-state index in [-0.39, 0.29) is 5.54 Å². The minimum Gasteiger partial charge on any atom is -0.318 e. The molecule has 0 spiro atoms. The van der Waals surface area contributed by atoms with E-state index < -0.39 is 0 Å². The molecule has 0 rings (SSSR count). The van der Waals surface area contributed by atoms with Crippen molar-refractivity contribution >= 4 is 0 Å². The van der Waals surface area contributed by atoms with Crippen LogP contribution < -0.4 is 16.6 Å². The molecule has 8 heavy (non-hydrogen) atoms. The third-order valence-corrected chi connectivity index (χ3v) is 1.01. The van der Waals surface area contributed by atoms with E-state index in [1.807, 2.05) is 20.9 Å². The zero-order chi connectivity index (χ0) is 6.62. The molecule has 50 valence electrons. The van der Waals surface area contributed by atoms with Crippen molar-refractivity contribution in [3.63, 3.8) is 0 Å². The van der Waals surface area contributed by atoms with E-state index in [4.69, 9.17) is 5.84 Å². The first-order chi connectivity index (χ1) is 3.62. The summed E-state index contributed by atoms with van der Waals surface area (Å²) in [6.45, 7) is 4.94. The van der Waals surface area contributed by atoms with E-state index in [1.165, 1.54) is 0 Å². The summed E-state index contributed by atoms with van der Waals surface area (Å²) in [5, 5.41) is 3.02. The van der Waals surface area contributed by atoms with Crippen molar-refractivity contribution in [3.8, 4) is 0 Å². The maximum Gasteiger partial charge on any atom is 0.0389 e. The Balaban J connectivity index is 3.37. The van der Waals surface area contributed by atoms with Gasteiger partial charge in [0.25, 0.3) is 0 Å². The molecule has 3 nitrogen and oxygen atoms in total. The molecule has 0 aromatic carbocycles. The van der Waals surface area contributed by atoms with Gasteiger partial charge >= 0.3 is 0 Å². The molecule has 0 aliphatic carbocycles. The summed E-state index contributed by atoms with van der Waals surface area (Å²) in [6.07, 6.45) is 0. The first-order valence-electron chi connectivity index (χ1n) is 2.75. The van der Waals surface area contributed by atoms with Crippen molar-refractivity contribution in [1.82, 2.24) is 10.7 Å². The molecule has 0 unspecified atom stereocenters. The Labute approximate surface area is 50.6 Å². The summed E-state index contributed by atoms with van der Waals surface area (Å²) >= 11 is 0. The maximum absolute atomic E-state index is 5.20. The fourth-order valence-corrected chi connectivity index (χ4v) is 0.493. The van der Waals surface area contributed by atoms with Gasteiger partial charge in [0.15, 0.2) is 0 Å². The lowest BCUT2D eigenvalue weighted by molar-refractivity contribution is 0.384. The Hall–Kier alpha value is -0.120. The summed E-state index contributed by atoms with van der Waals surface area (Å²) in [7, 11) is 1.90. The van der Waals surface area contributed by atoms with Crippen LogP contribution in [-0.4, -0.2) is 19.1 Å². The van der Waals surface area contributed by atoms with Crippen LogP contribution in [0.4, 0.5) is 0 Å². The lowest BCUT2D eigenvalue weighted by atomic mass is 10.1. The van der Waals surface area contributed by atoms with Crippen LogP contribution in [0.15, 0.2) is 0 Å². The topological polar surface area (TPSA) is 50.1 Å². The molecule has 0 atom stereocenters. The largest absolute Gasteiger partial charge is 0.318 e. The molecule has 0 aliphatic rings. The third-order valence-electron chi connectivity index (χ3n) is 1.01. The van der Waals surface area contributed by atoms with Crippen molar-refractivity contribution in [2.75, 3.05) is 13.6 Å². The zero-order valence-corrected chi connectivity index (χ0v) is 5.78. The average Bonchev–Trinajstić information content (AvgIpc) is 1.67. The zero-order valence-electron chi connectivity index (χ0n) is 5.78. The number of rotatable bonds is 3. The van der Waals surface area contributed by atoms with Crippen LogP contribution >= 0.6 is 0 Å². The van der Waals surface area contributed by atoms with Gasteiger partial charge in [0, 0.05) is 12.1 Å². The average molecular weight is 117 g/mol. The van der Waals surface area contributed by atoms with Gasteiger partial charge in [-0.2, -0.15) is 0 Å². The summed E-state index contributed by atoms with van der Waals surface area (Å²) in [5.74, 6) is 5.20. The molecule has 0 aromatic rings. The second-order valence-corrected chi connectivity index (χ2v) is 2.56. The van der Waals surface area contributed by atoms with E-state index in [1.54, 1.807) is 0 Å². The third kappa shape index (κ3) is 2.96. The molecule has 3 heteroatoms. The molecule has 0 aliphatic heterocycles. The maximum atomic E-state index is 5.20. The van der Waals surface area contributed by atoms with Crippen molar-refractivity contribution < 1.29 is 0 Å². The predicted molar refractivity (Wildman–Crippen MR) is 35.3 cm³/mol. The molecule has 0 saturated carbocycles. The van der Waals surface area contributed by atoms with Crippen LogP contribution in [0, 0.1) is 0 Å². The number of hydrazine groups is 1. The SMILES string of the molecule is CNCC(C)(C)NN. The van der Waals surface area contributed by atoms with Crippen LogP contribution in [0.1, 0.15) is 13.8 Å². The number of nitrogens with two attached hydrogens (primary N) is 1. The highest BCUT2D eigenvalue weighted by atomic mass is 15.3. The summed E-state index contributed by atoms with van der Waals surface area (Å²) < 4.78 is 0. The smallest absolute Gasteiger partial charge is 0.0389 e. The molecule has 0 fully saturated rings. The van der Waals surface area contributed by atoms with Gasteiger partial charge in [-0.3, -0.25) is 11.3 Å². The fourth-order valence-electron chi connectivity index (χ4n) is 0.493.